The second-order valence-corrected chi connectivity index (χ2v) is 6.31. The Kier molecular flexibility index (Phi) is 5.33. The fourth-order valence-corrected chi connectivity index (χ4v) is 4.32. The van der Waals surface area contributed by atoms with E-state index in [1.165, 1.54) is 30.7 Å². The van der Waals surface area contributed by atoms with Crippen molar-refractivity contribution in [1.82, 2.24) is 15.3 Å². The zero-order valence-corrected chi connectivity index (χ0v) is 12.9. The van der Waals surface area contributed by atoms with E-state index in [0.29, 0.717) is 6.04 Å². The van der Waals surface area contributed by atoms with E-state index in [1.54, 1.807) is 11.3 Å². The normalized spacial score (nSPS) is 20.0. The van der Waals surface area contributed by atoms with Crippen LogP contribution in [0.4, 0.5) is 0 Å². The number of thiazole rings is 1. The molecular formula is C14H26N4S. The topological polar surface area (TPSA) is 54.2 Å². The smallest absolute Gasteiger partial charge is 0.0941 e. The second-order valence-electron chi connectivity index (χ2n) is 5.33. The molecule has 0 spiro atoms. The number of nitrogens with zero attached hydrogens (tertiary/aromatic N) is 2. The van der Waals surface area contributed by atoms with Gasteiger partial charge in [-0.1, -0.05) is 26.7 Å². The second kappa shape index (κ2) is 6.79. The molecular weight excluding hydrogens is 256 g/mol. The monoisotopic (exact) mass is 282 g/mol. The van der Waals surface area contributed by atoms with Crippen LogP contribution in [0.25, 0.3) is 0 Å². The number of likely N-dealkylation sites (N-methyl/N-ethyl adjacent to an activating group) is 1. The molecule has 1 aliphatic carbocycles. The minimum Gasteiger partial charge on any atom is -0.297 e. The Bertz CT molecular complexity index is 356. The quantitative estimate of drug-likeness (QED) is 0.594. The number of hydrazine groups is 1. The van der Waals surface area contributed by atoms with Crippen molar-refractivity contribution in [2.45, 2.75) is 57.5 Å². The van der Waals surface area contributed by atoms with Crippen LogP contribution in [0.15, 0.2) is 11.6 Å². The molecule has 1 aliphatic rings. The van der Waals surface area contributed by atoms with Gasteiger partial charge in [0.05, 0.1) is 5.01 Å². The average Bonchev–Trinajstić information content (AvgIpc) is 3.09. The van der Waals surface area contributed by atoms with Crippen molar-refractivity contribution < 1.29 is 0 Å². The highest BCUT2D eigenvalue weighted by atomic mass is 32.1. The molecule has 3 N–H and O–H groups in total. The van der Waals surface area contributed by atoms with E-state index in [1.807, 2.05) is 11.6 Å². The molecule has 5 heteroatoms. The molecule has 1 saturated carbocycles. The van der Waals surface area contributed by atoms with E-state index >= 15 is 0 Å². The Labute approximate surface area is 120 Å². The van der Waals surface area contributed by atoms with Gasteiger partial charge in [0.1, 0.15) is 0 Å². The van der Waals surface area contributed by atoms with Crippen LogP contribution in [0.5, 0.6) is 0 Å². The van der Waals surface area contributed by atoms with Crippen molar-refractivity contribution in [2.75, 3.05) is 13.1 Å². The van der Waals surface area contributed by atoms with Crippen molar-refractivity contribution in [3.8, 4) is 0 Å². The third-order valence-corrected chi connectivity index (χ3v) is 5.38. The average molecular weight is 282 g/mol. The Morgan fingerprint density at radius 2 is 2.11 bits per heavy atom. The molecule has 0 radical (unpaired) electrons. The highest BCUT2D eigenvalue weighted by Gasteiger charge is 2.44. The van der Waals surface area contributed by atoms with Crippen LogP contribution in [-0.4, -0.2) is 34.6 Å². The lowest BCUT2D eigenvalue weighted by atomic mass is 9.84. The molecule has 1 unspecified atom stereocenters. The summed E-state index contributed by atoms with van der Waals surface area (Å²) in [5.41, 5.74) is 3.31. The van der Waals surface area contributed by atoms with E-state index in [-0.39, 0.29) is 5.54 Å². The zero-order chi connectivity index (χ0) is 13.7. The molecule has 1 fully saturated rings. The first-order valence-electron chi connectivity index (χ1n) is 7.36. The first kappa shape index (κ1) is 14.9. The Hall–Kier alpha value is -0.490. The van der Waals surface area contributed by atoms with Crippen LogP contribution in [0.3, 0.4) is 0 Å². The van der Waals surface area contributed by atoms with Crippen LogP contribution < -0.4 is 11.3 Å². The summed E-state index contributed by atoms with van der Waals surface area (Å²) in [6.07, 6.45) is 7.93. The molecule has 108 valence electrons. The number of hydrogen-bond donors (Lipinski definition) is 2. The summed E-state index contributed by atoms with van der Waals surface area (Å²) in [6, 6.07) is 0.293. The van der Waals surface area contributed by atoms with Crippen molar-refractivity contribution >= 4 is 11.3 Å². The molecule has 0 aliphatic heterocycles. The lowest BCUT2D eigenvalue weighted by Gasteiger charge is -2.46. The van der Waals surface area contributed by atoms with Crippen LogP contribution in [0.2, 0.25) is 0 Å². The third-order valence-electron chi connectivity index (χ3n) is 4.57. The zero-order valence-electron chi connectivity index (χ0n) is 12.1. The predicted molar refractivity (Wildman–Crippen MR) is 81.0 cm³/mol. The molecule has 1 aromatic heterocycles. The van der Waals surface area contributed by atoms with Gasteiger partial charge in [0.15, 0.2) is 0 Å². The summed E-state index contributed by atoms with van der Waals surface area (Å²) in [4.78, 5) is 7.02. The number of nitrogens with one attached hydrogen (secondary N) is 1. The van der Waals surface area contributed by atoms with Crippen LogP contribution in [0.1, 0.15) is 44.5 Å². The minimum absolute atomic E-state index is 0.212. The van der Waals surface area contributed by atoms with Gasteiger partial charge >= 0.3 is 0 Å². The Balaban J connectivity index is 2.20. The Morgan fingerprint density at radius 3 is 2.58 bits per heavy atom. The molecule has 0 amide bonds. The molecule has 2 rings (SSSR count). The molecule has 0 aromatic carbocycles. The van der Waals surface area contributed by atoms with Gasteiger partial charge in [-0.25, -0.2) is 4.98 Å². The first-order valence-corrected chi connectivity index (χ1v) is 8.24. The van der Waals surface area contributed by atoms with Gasteiger partial charge in [0, 0.05) is 29.6 Å². The summed E-state index contributed by atoms with van der Waals surface area (Å²) in [5, 5.41) is 3.23. The molecule has 4 nitrogen and oxygen atoms in total. The van der Waals surface area contributed by atoms with E-state index in [4.69, 9.17) is 5.84 Å². The highest BCUT2D eigenvalue weighted by Crippen LogP contribution is 2.39. The van der Waals surface area contributed by atoms with Crippen LogP contribution in [-0.2, 0) is 6.42 Å². The summed E-state index contributed by atoms with van der Waals surface area (Å²) in [6.45, 7) is 6.68. The maximum absolute atomic E-state index is 5.90. The van der Waals surface area contributed by atoms with Crippen LogP contribution >= 0.6 is 11.3 Å². The predicted octanol–water partition coefficient (Wildman–Crippen LogP) is 2.17. The van der Waals surface area contributed by atoms with Crippen molar-refractivity contribution in [2.24, 2.45) is 5.84 Å². The summed E-state index contributed by atoms with van der Waals surface area (Å²) >= 11 is 1.73. The standard InChI is InChI=1S/C14H26N4S/c1-3-18(4-2)14(7-5-6-8-14)12(17-15)11-13-16-9-10-19-13/h9-10,12,17H,3-8,11,15H2,1-2H3. The molecule has 0 saturated heterocycles. The van der Waals surface area contributed by atoms with Gasteiger partial charge < -0.3 is 0 Å². The number of rotatable bonds is 7. The van der Waals surface area contributed by atoms with Crippen molar-refractivity contribution in [3.05, 3.63) is 16.6 Å². The van der Waals surface area contributed by atoms with E-state index in [9.17, 15) is 0 Å². The fourth-order valence-electron chi connectivity index (χ4n) is 3.66. The Morgan fingerprint density at radius 1 is 1.42 bits per heavy atom. The van der Waals surface area contributed by atoms with E-state index < -0.39 is 0 Å². The van der Waals surface area contributed by atoms with E-state index in [0.717, 1.165) is 19.5 Å². The minimum atomic E-state index is 0.212. The molecule has 1 atom stereocenters. The van der Waals surface area contributed by atoms with E-state index in [2.05, 4.69) is 29.2 Å². The van der Waals surface area contributed by atoms with Gasteiger partial charge in [-0.05, 0) is 25.9 Å². The first-order chi connectivity index (χ1) is 9.26. The maximum atomic E-state index is 5.90. The van der Waals surface area contributed by atoms with Gasteiger partial charge in [-0.2, -0.15) is 0 Å². The molecule has 0 bridgehead atoms. The maximum Gasteiger partial charge on any atom is 0.0941 e. The lowest BCUT2D eigenvalue weighted by molar-refractivity contribution is 0.0629. The van der Waals surface area contributed by atoms with Crippen LogP contribution in [0, 0.1) is 0 Å². The number of nitrogens with two attached hydrogens (primary N) is 1. The SMILES string of the molecule is CCN(CC)C1(C(Cc2nccs2)NN)CCCC1. The van der Waals surface area contributed by atoms with Crippen molar-refractivity contribution in [3.63, 3.8) is 0 Å². The molecule has 19 heavy (non-hydrogen) atoms. The van der Waals surface area contributed by atoms with Gasteiger partial charge in [-0.15, -0.1) is 11.3 Å². The highest BCUT2D eigenvalue weighted by molar-refractivity contribution is 7.09. The van der Waals surface area contributed by atoms with Gasteiger partial charge in [-0.3, -0.25) is 16.2 Å². The van der Waals surface area contributed by atoms with Crippen molar-refractivity contribution in [1.29, 1.82) is 0 Å². The summed E-state index contributed by atoms with van der Waals surface area (Å²) in [7, 11) is 0. The van der Waals surface area contributed by atoms with Gasteiger partial charge in [0.2, 0.25) is 0 Å². The lowest BCUT2D eigenvalue weighted by Crippen LogP contribution is -2.62. The molecule has 1 heterocycles. The summed E-state index contributed by atoms with van der Waals surface area (Å²) in [5.74, 6) is 5.90. The number of hydrogen-bond acceptors (Lipinski definition) is 5. The summed E-state index contributed by atoms with van der Waals surface area (Å²) < 4.78 is 0. The third kappa shape index (κ3) is 2.99. The number of aromatic nitrogens is 1. The molecule has 1 aromatic rings. The largest absolute Gasteiger partial charge is 0.297 e. The van der Waals surface area contributed by atoms with Gasteiger partial charge in [0.25, 0.3) is 0 Å². The fraction of sp³-hybridized carbons (Fsp3) is 0.786.